The normalized spacial score (nSPS) is 30.5. The summed E-state index contributed by atoms with van der Waals surface area (Å²) in [6.07, 6.45) is 2.13. The van der Waals surface area contributed by atoms with Crippen LogP contribution in [0.4, 0.5) is 0 Å². The molecule has 3 nitrogen and oxygen atoms in total. The van der Waals surface area contributed by atoms with Crippen molar-refractivity contribution >= 4 is 0 Å². The molecule has 1 heterocycles. The van der Waals surface area contributed by atoms with E-state index >= 15 is 0 Å². The van der Waals surface area contributed by atoms with Gasteiger partial charge in [-0.05, 0) is 33.6 Å². The molecule has 3 heteroatoms. The average molecular weight is 187 g/mol. The molecule has 0 aliphatic carbocycles. The highest BCUT2D eigenvalue weighted by atomic mass is 16.5. The van der Waals surface area contributed by atoms with Gasteiger partial charge in [-0.1, -0.05) is 0 Å². The molecule has 0 saturated carbocycles. The molecule has 1 aliphatic rings. The first-order valence-corrected chi connectivity index (χ1v) is 5.01. The highest BCUT2D eigenvalue weighted by Crippen LogP contribution is 2.15. The zero-order valence-electron chi connectivity index (χ0n) is 8.84. The number of hydrogen-bond donors (Lipinski definition) is 2. The van der Waals surface area contributed by atoms with Crippen molar-refractivity contribution in [2.24, 2.45) is 0 Å². The lowest BCUT2D eigenvalue weighted by Gasteiger charge is -2.33. The van der Waals surface area contributed by atoms with Crippen LogP contribution in [-0.2, 0) is 4.74 Å². The van der Waals surface area contributed by atoms with Crippen LogP contribution in [0.15, 0.2) is 0 Å². The van der Waals surface area contributed by atoms with Crippen LogP contribution in [0.2, 0.25) is 0 Å². The van der Waals surface area contributed by atoms with Gasteiger partial charge in [0.2, 0.25) is 0 Å². The molecule has 78 valence electrons. The van der Waals surface area contributed by atoms with Gasteiger partial charge in [-0.2, -0.15) is 0 Å². The second-order valence-electron chi connectivity index (χ2n) is 4.81. The Kier molecular flexibility index (Phi) is 3.71. The summed E-state index contributed by atoms with van der Waals surface area (Å²) in [6.45, 7) is 7.35. The van der Waals surface area contributed by atoms with E-state index in [1.165, 1.54) is 0 Å². The van der Waals surface area contributed by atoms with E-state index in [0.717, 1.165) is 19.4 Å². The summed E-state index contributed by atoms with van der Waals surface area (Å²) in [7, 11) is 0. The Morgan fingerprint density at radius 2 is 2.08 bits per heavy atom. The molecular weight excluding hydrogens is 166 g/mol. The summed E-state index contributed by atoms with van der Waals surface area (Å²) in [5.74, 6) is 0. The predicted octanol–water partition coefficient (Wildman–Crippen LogP) is 0.914. The molecule has 1 aliphatic heterocycles. The van der Waals surface area contributed by atoms with E-state index in [4.69, 9.17) is 9.84 Å². The van der Waals surface area contributed by atoms with Crippen LogP contribution >= 0.6 is 0 Å². The lowest BCUT2D eigenvalue weighted by atomic mass is 10.0. The Balaban J connectivity index is 2.25. The molecule has 0 spiro atoms. The molecule has 0 bridgehead atoms. The standard InChI is InChI=1S/C10H21NO2/c1-10(2,3)11-8-4-5-9(6-12)13-7-8/h8-9,11-12H,4-7H2,1-3H3/t8-,9+/m1/s1. The zero-order chi connectivity index (χ0) is 9.90. The van der Waals surface area contributed by atoms with Crippen LogP contribution in [0.5, 0.6) is 0 Å². The van der Waals surface area contributed by atoms with E-state index in [9.17, 15) is 0 Å². The first-order valence-electron chi connectivity index (χ1n) is 5.01. The maximum atomic E-state index is 8.86. The van der Waals surface area contributed by atoms with Gasteiger partial charge < -0.3 is 15.2 Å². The van der Waals surface area contributed by atoms with Crippen LogP contribution in [0.3, 0.4) is 0 Å². The Bertz CT molecular complexity index is 145. The summed E-state index contributed by atoms with van der Waals surface area (Å²) in [4.78, 5) is 0. The largest absolute Gasteiger partial charge is 0.394 e. The fourth-order valence-corrected chi connectivity index (χ4v) is 1.68. The summed E-state index contributed by atoms with van der Waals surface area (Å²) in [6, 6.07) is 0.447. The number of rotatable bonds is 2. The van der Waals surface area contributed by atoms with Crippen molar-refractivity contribution in [1.82, 2.24) is 5.32 Å². The molecule has 1 saturated heterocycles. The van der Waals surface area contributed by atoms with E-state index in [0.29, 0.717) is 6.04 Å². The van der Waals surface area contributed by atoms with Gasteiger partial charge >= 0.3 is 0 Å². The van der Waals surface area contributed by atoms with Gasteiger partial charge in [0.1, 0.15) is 0 Å². The van der Waals surface area contributed by atoms with Crippen LogP contribution in [-0.4, -0.2) is 36.0 Å². The molecule has 0 aromatic heterocycles. The topological polar surface area (TPSA) is 41.5 Å². The zero-order valence-corrected chi connectivity index (χ0v) is 8.84. The fraction of sp³-hybridized carbons (Fsp3) is 1.00. The molecular formula is C10H21NO2. The summed E-state index contributed by atoms with van der Waals surface area (Å²) >= 11 is 0. The van der Waals surface area contributed by atoms with Gasteiger partial charge in [-0.25, -0.2) is 0 Å². The van der Waals surface area contributed by atoms with Crippen LogP contribution in [0.1, 0.15) is 33.6 Å². The first kappa shape index (κ1) is 11.0. The molecule has 2 N–H and O–H groups in total. The number of ether oxygens (including phenoxy) is 1. The maximum Gasteiger partial charge on any atom is 0.0807 e. The number of nitrogens with one attached hydrogen (secondary N) is 1. The second kappa shape index (κ2) is 4.40. The molecule has 1 fully saturated rings. The van der Waals surface area contributed by atoms with Crippen molar-refractivity contribution in [3.8, 4) is 0 Å². The number of hydrogen-bond acceptors (Lipinski definition) is 3. The third-order valence-electron chi connectivity index (χ3n) is 2.21. The van der Waals surface area contributed by atoms with Crippen LogP contribution < -0.4 is 5.32 Å². The van der Waals surface area contributed by atoms with Crippen molar-refractivity contribution in [3.63, 3.8) is 0 Å². The average Bonchev–Trinajstić information content (AvgIpc) is 2.03. The lowest BCUT2D eigenvalue weighted by Crippen LogP contribution is -2.49. The van der Waals surface area contributed by atoms with Crippen molar-refractivity contribution in [3.05, 3.63) is 0 Å². The van der Waals surface area contributed by atoms with Crippen molar-refractivity contribution in [2.75, 3.05) is 13.2 Å². The molecule has 0 unspecified atom stereocenters. The van der Waals surface area contributed by atoms with E-state index in [-0.39, 0.29) is 18.2 Å². The van der Waals surface area contributed by atoms with Gasteiger partial charge in [0.15, 0.2) is 0 Å². The van der Waals surface area contributed by atoms with E-state index < -0.39 is 0 Å². The van der Waals surface area contributed by atoms with Gasteiger partial charge in [0.05, 0.1) is 19.3 Å². The van der Waals surface area contributed by atoms with Crippen LogP contribution in [0.25, 0.3) is 0 Å². The highest BCUT2D eigenvalue weighted by Gasteiger charge is 2.23. The van der Waals surface area contributed by atoms with Gasteiger partial charge in [0, 0.05) is 11.6 Å². The van der Waals surface area contributed by atoms with Gasteiger partial charge in [-0.15, -0.1) is 0 Å². The van der Waals surface area contributed by atoms with E-state index in [1.807, 2.05) is 0 Å². The Labute approximate surface area is 80.5 Å². The Morgan fingerprint density at radius 1 is 1.38 bits per heavy atom. The van der Waals surface area contributed by atoms with Gasteiger partial charge in [-0.3, -0.25) is 0 Å². The SMILES string of the molecule is CC(C)(C)N[C@@H]1CC[C@@H](CO)OC1. The molecule has 0 amide bonds. The van der Waals surface area contributed by atoms with E-state index in [1.54, 1.807) is 0 Å². The Morgan fingerprint density at radius 3 is 2.46 bits per heavy atom. The lowest BCUT2D eigenvalue weighted by molar-refractivity contribution is -0.0352. The van der Waals surface area contributed by atoms with Crippen molar-refractivity contribution < 1.29 is 9.84 Å². The van der Waals surface area contributed by atoms with Crippen molar-refractivity contribution in [1.29, 1.82) is 0 Å². The summed E-state index contributed by atoms with van der Waals surface area (Å²) in [5.41, 5.74) is 0.153. The third kappa shape index (κ3) is 4.07. The molecule has 1 rings (SSSR count). The summed E-state index contributed by atoms with van der Waals surface area (Å²) in [5, 5.41) is 12.4. The summed E-state index contributed by atoms with van der Waals surface area (Å²) < 4.78 is 5.47. The fourth-order valence-electron chi connectivity index (χ4n) is 1.68. The molecule has 13 heavy (non-hydrogen) atoms. The predicted molar refractivity (Wildman–Crippen MR) is 52.7 cm³/mol. The molecule has 0 aromatic carbocycles. The minimum atomic E-state index is 0.0676. The minimum absolute atomic E-state index is 0.0676. The first-order chi connectivity index (χ1) is 6.01. The van der Waals surface area contributed by atoms with Gasteiger partial charge in [0.25, 0.3) is 0 Å². The second-order valence-corrected chi connectivity index (χ2v) is 4.81. The molecule has 0 aromatic rings. The minimum Gasteiger partial charge on any atom is -0.394 e. The Hall–Kier alpha value is -0.120. The third-order valence-corrected chi connectivity index (χ3v) is 2.21. The molecule has 2 atom stereocenters. The smallest absolute Gasteiger partial charge is 0.0807 e. The van der Waals surface area contributed by atoms with Crippen LogP contribution in [0, 0.1) is 0 Å². The highest BCUT2D eigenvalue weighted by molar-refractivity contribution is 4.81. The quantitative estimate of drug-likeness (QED) is 0.675. The van der Waals surface area contributed by atoms with E-state index in [2.05, 4.69) is 26.1 Å². The number of aliphatic hydroxyl groups excluding tert-OH is 1. The van der Waals surface area contributed by atoms with Crippen molar-refractivity contribution in [2.45, 2.75) is 51.3 Å². The maximum absolute atomic E-state index is 8.86. The monoisotopic (exact) mass is 187 g/mol. The number of aliphatic hydroxyl groups is 1. The molecule has 0 radical (unpaired) electrons.